The summed E-state index contributed by atoms with van der Waals surface area (Å²) >= 11 is 0. The first-order valence-electron chi connectivity index (χ1n) is 0.697. The molecule has 0 aliphatic carbocycles. The van der Waals surface area contributed by atoms with E-state index in [0.717, 1.165) is 0 Å². The fourth-order valence-corrected chi connectivity index (χ4v) is 0. The molecule has 0 spiro atoms. The molecule has 0 rings (SSSR count). The van der Waals surface area contributed by atoms with Gasteiger partial charge in [0.05, 0.1) is 0 Å². The molecule has 0 bridgehead atoms. The third kappa shape index (κ3) is 14.7. The van der Waals surface area contributed by atoms with Crippen LogP contribution in [0.3, 0.4) is 0 Å². The first-order chi connectivity index (χ1) is 1.91. The van der Waals surface area contributed by atoms with Crippen molar-refractivity contribution in [3.05, 3.63) is 0 Å². The van der Waals surface area contributed by atoms with Crippen molar-refractivity contribution in [2.75, 3.05) is 0 Å². The van der Waals surface area contributed by atoms with Crippen molar-refractivity contribution in [3.63, 3.8) is 0 Å². The lowest BCUT2D eigenvalue weighted by Gasteiger charge is -1.79. The fourth-order valence-electron chi connectivity index (χ4n) is 0. The van der Waals surface area contributed by atoms with Crippen LogP contribution in [0.25, 0.3) is 0 Å². The van der Waals surface area contributed by atoms with Gasteiger partial charge in [-0.1, -0.05) is 0 Å². The molecule has 0 amide bonds. The lowest BCUT2D eigenvalue weighted by atomic mass is 12.7. The van der Waals surface area contributed by atoms with Crippen molar-refractivity contribution in [2.24, 2.45) is 0 Å². The van der Waals surface area contributed by atoms with E-state index in [9.17, 15) is 0 Å². The third-order valence-corrected chi connectivity index (χ3v) is 0.0500. The van der Waals surface area contributed by atoms with Crippen LogP contribution in [0.4, 0.5) is 0 Å². The van der Waals surface area contributed by atoms with E-state index in [2.05, 4.69) is 0 Å². The van der Waals surface area contributed by atoms with Crippen LogP contribution < -0.4 is 11.2 Å². The number of rotatable bonds is 1. The second-order valence-corrected chi connectivity index (χ2v) is 0.224. The van der Waals surface area contributed by atoms with Crippen molar-refractivity contribution in [2.45, 2.75) is 0 Å². The van der Waals surface area contributed by atoms with Gasteiger partial charge in [0.1, 0.15) is 0 Å². The van der Waals surface area contributed by atoms with Gasteiger partial charge in [-0.05, 0) is 0 Å². The van der Waals surface area contributed by atoms with Crippen LogP contribution in [0.2, 0.25) is 0 Å². The van der Waals surface area contributed by atoms with E-state index in [1.807, 2.05) is 0 Å². The summed E-state index contributed by atoms with van der Waals surface area (Å²) in [5.74, 6) is 0. The SMILES string of the molecule is Cl.ONNO. The van der Waals surface area contributed by atoms with Crippen LogP contribution in [0, 0.1) is 0 Å². The molecule has 4 nitrogen and oxygen atoms in total. The van der Waals surface area contributed by atoms with Crippen molar-refractivity contribution < 1.29 is 10.4 Å². The molecule has 4 N–H and O–H groups in total. The molecule has 0 aliphatic heterocycles. The van der Waals surface area contributed by atoms with E-state index in [-0.39, 0.29) is 12.4 Å². The van der Waals surface area contributed by atoms with Gasteiger partial charge in [-0.2, -0.15) is 0 Å². The van der Waals surface area contributed by atoms with Gasteiger partial charge in [-0.15, -0.1) is 23.6 Å². The molecule has 0 aromatic heterocycles. The molecule has 0 unspecified atom stereocenters. The molecule has 0 aliphatic rings. The Labute approximate surface area is 35.1 Å². The Morgan fingerprint density at radius 2 is 1.20 bits per heavy atom. The smallest absolute Gasteiger partial charge is 0.117 e. The lowest BCUT2D eigenvalue weighted by Crippen LogP contribution is -2.23. The van der Waals surface area contributed by atoms with E-state index in [4.69, 9.17) is 10.4 Å². The molecule has 5 heavy (non-hydrogen) atoms. The maximum atomic E-state index is 7.26. The topological polar surface area (TPSA) is 64.5 Å². The Hall–Kier alpha value is 0.130. The molecule has 0 radical (unpaired) electrons. The fraction of sp³-hybridized carbons (Fsp3) is 0. The van der Waals surface area contributed by atoms with Gasteiger partial charge in [0.15, 0.2) is 0 Å². The molecule has 34 valence electrons. The standard InChI is InChI=1S/ClH.H4N2O2/c;3-1-2-4/h1H;1-4H. The summed E-state index contributed by atoms with van der Waals surface area (Å²) in [6, 6.07) is 0. The first-order valence-corrected chi connectivity index (χ1v) is 0.697. The molecular weight excluding hydrogens is 95.5 g/mol. The molecule has 0 heterocycles. The van der Waals surface area contributed by atoms with Crippen LogP contribution in [-0.4, -0.2) is 10.4 Å². The minimum Gasteiger partial charge on any atom is -0.300 e. The van der Waals surface area contributed by atoms with Crippen LogP contribution in [0.5, 0.6) is 0 Å². The zero-order valence-electron chi connectivity index (χ0n) is 2.30. The average Bonchev–Trinajstić information content (AvgIpc) is 1.37. The number of hydrogen-bond donors (Lipinski definition) is 4. The second-order valence-electron chi connectivity index (χ2n) is 0.224. The highest BCUT2D eigenvalue weighted by molar-refractivity contribution is 5.85. The molecule has 0 saturated heterocycles. The molecular formula is H5ClN2O2. The Bertz CT molecular complexity index is 9.61. The molecule has 5 heteroatoms. The Balaban J connectivity index is 0. The van der Waals surface area contributed by atoms with E-state index in [0.29, 0.717) is 0 Å². The van der Waals surface area contributed by atoms with Gasteiger partial charge in [0, 0.05) is 0 Å². The van der Waals surface area contributed by atoms with Gasteiger partial charge in [0.2, 0.25) is 0 Å². The van der Waals surface area contributed by atoms with Gasteiger partial charge in [-0.3, -0.25) is 0 Å². The highest BCUT2D eigenvalue weighted by atomic mass is 35.5. The van der Waals surface area contributed by atoms with Crippen LogP contribution in [0.1, 0.15) is 0 Å². The Morgan fingerprint density at radius 1 is 1.00 bits per heavy atom. The number of hydrogen-bond acceptors (Lipinski definition) is 4. The largest absolute Gasteiger partial charge is 0.300 e. The van der Waals surface area contributed by atoms with Crippen molar-refractivity contribution in [1.29, 1.82) is 0 Å². The maximum absolute atomic E-state index is 7.26. The van der Waals surface area contributed by atoms with Crippen LogP contribution in [-0.2, 0) is 0 Å². The van der Waals surface area contributed by atoms with Gasteiger partial charge in [-0.25, -0.2) is 0 Å². The first kappa shape index (κ1) is 8.93. The molecule has 0 aromatic rings. The number of halogens is 1. The van der Waals surface area contributed by atoms with Gasteiger partial charge in [0.25, 0.3) is 0 Å². The van der Waals surface area contributed by atoms with Crippen LogP contribution in [0.15, 0.2) is 0 Å². The monoisotopic (exact) mass is 100 g/mol. The molecule has 0 fully saturated rings. The zero-order valence-corrected chi connectivity index (χ0v) is 3.12. The van der Waals surface area contributed by atoms with Crippen molar-refractivity contribution >= 4 is 12.4 Å². The maximum Gasteiger partial charge on any atom is -0.117 e. The summed E-state index contributed by atoms with van der Waals surface area (Å²) in [5.41, 5.74) is 2.47. The average molecular weight is 101 g/mol. The predicted octanol–water partition coefficient (Wildman–Crippen LogP) is -0.719. The second kappa shape index (κ2) is 8.92. The predicted molar refractivity (Wildman–Crippen MR) is 17.1 cm³/mol. The molecule has 0 saturated carbocycles. The summed E-state index contributed by atoms with van der Waals surface area (Å²) in [6.45, 7) is 0. The van der Waals surface area contributed by atoms with Crippen molar-refractivity contribution in [3.8, 4) is 0 Å². The Kier molecular flexibility index (Phi) is 15.9. The summed E-state index contributed by atoms with van der Waals surface area (Å²) < 4.78 is 0. The van der Waals surface area contributed by atoms with Gasteiger partial charge < -0.3 is 10.4 Å². The summed E-state index contributed by atoms with van der Waals surface area (Å²) in [5, 5.41) is 14.5. The third-order valence-electron chi connectivity index (χ3n) is 0.0500. The highest BCUT2D eigenvalue weighted by Gasteiger charge is 1.45. The normalized spacial score (nSPS) is 6.00. The minimum atomic E-state index is 0. The number of nitrogens with one attached hydrogen (secondary N) is 2. The van der Waals surface area contributed by atoms with E-state index >= 15 is 0 Å². The minimum absolute atomic E-state index is 0. The van der Waals surface area contributed by atoms with E-state index in [1.54, 1.807) is 0 Å². The summed E-state index contributed by atoms with van der Waals surface area (Å²) in [4.78, 5) is 0. The van der Waals surface area contributed by atoms with Crippen molar-refractivity contribution in [1.82, 2.24) is 11.2 Å². The molecule has 0 aromatic carbocycles. The highest BCUT2D eigenvalue weighted by Crippen LogP contribution is 1.04. The van der Waals surface area contributed by atoms with E-state index < -0.39 is 0 Å². The van der Waals surface area contributed by atoms with Gasteiger partial charge >= 0.3 is 0 Å². The number of hydrazine groups is 1. The molecule has 0 atom stereocenters. The van der Waals surface area contributed by atoms with E-state index in [1.165, 1.54) is 11.2 Å². The quantitative estimate of drug-likeness (QED) is 0.329. The summed E-state index contributed by atoms with van der Waals surface area (Å²) in [7, 11) is 0. The lowest BCUT2D eigenvalue weighted by molar-refractivity contribution is -0.0163. The summed E-state index contributed by atoms with van der Waals surface area (Å²) in [6.07, 6.45) is 0. The Morgan fingerprint density at radius 3 is 1.20 bits per heavy atom. The zero-order chi connectivity index (χ0) is 3.41. The van der Waals surface area contributed by atoms with Crippen LogP contribution >= 0.6 is 12.4 Å².